The van der Waals surface area contributed by atoms with Gasteiger partial charge in [0.2, 0.25) is 0 Å². The van der Waals surface area contributed by atoms with Gasteiger partial charge in [0.15, 0.2) is 0 Å². The normalized spacial score (nSPS) is 38.2. The van der Waals surface area contributed by atoms with Crippen molar-refractivity contribution in [3.63, 3.8) is 0 Å². The predicted octanol–water partition coefficient (Wildman–Crippen LogP) is 0.678. The number of hydrogen-bond donors (Lipinski definition) is 2. The first-order chi connectivity index (χ1) is 8.42. The van der Waals surface area contributed by atoms with Crippen LogP contribution in [0.4, 0.5) is 0 Å². The van der Waals surface area contributed by atoms with Gasteiger partial charge in [-0.25, -0.2) is 0 Å². The van der Waals surface area contributed by atoms with Crippen molar-refractivity contribution in [2.24, 2.45) is 11.7 Å². The molecule has 0 radical (unpaired) electrons. The highest BCUT2D eigenvalue weighted by Crippen LogP contribution is 2.29. The predicted molar refractivity (Wildman–Crippen MR) is 68.3 cm³/mol. The Hall–Kier alpha value is -0.650. The van der Waals surface area contributed by atoms with E-state index in [-0.39, 0.29) is 0 Å². The van der Waals surface area contributed by atoms with Crippen LogP contribution in [0.5, 0.6) is 0 Å². The molecule has 0 bridgehead atoms. The van der Waals surface area contributed by atoms with Crippen LogP contribution < -0.4 is 5.73 Å². The van der Waals surface area contributed by atoms with Crippen LogP contribution in [0.3, 0.4) is 0 Å². The maximum Gasteiger partial charge on any atom is 0.325 e. The third-order valence-electron chi connectivity index (χ3n) is 4.30. The van der Waals surface area contributed by atoms with Crippen LogP contribution in [-0.2, 0) is 9.53 Å². The van der Waals surface area contributed by atoms with Crippen LogP contribution in [0.1, 0.15) is 33.1 Å². The number of carboxylic acid groups (broad SMARTS) is 1. The molecule has 5 heteroatoms. The highest BCUT2D eigenvalue weighted by atomic mass is 16.5. The first-order valence-corrected chi connectivity index (χ1v) is 6.80. The van der Waals surface area contributed by atoms with E-state index >= 15 is 0 Å². The first-order valence-electron chi connectivity index (χ1n) is 6.80. The molecule has 2 aliphatic rings. The van der Waals surface area contributed by atoms with Crippen molar-refractivity contribution in [3.8, 4) is 0 Å². The lowest BCUT2D eigenvalue weighted by molar-refractivity contribution is -0.143. The Bertz CT molecular complexity index is 321. The lowest BCUT2D eigenvalue weighted by atomic mass is 9.94. The van der Waals surface area contributed by atoms with Crippen molar-refractivity contribution < 1.29 is 14.6 Å². The van der Waals surface area contributed by atoms with Crippen LogP contribution in [0, 0.1) is 5.92 Å². The number of carbonyl (C=O) groups is 1. The molecule has 2 aliphatic heterocycles. The van der Waals surface area contributed by atoms with E-state index in [0.717, 1.165) is 26.0 Å². The maximum atomic E-state index is 11.1. The summed E-state index contributed by atoms with van der Waals surface area (Å²) in [4.78, 5) is 13.4. The van der Waals surface area contributed by atoms with E-state index in [9.17, 15) is 4.79 Å². The molecule has 2 rings (SSSR count). The van der Waals surface area contributed by atoms with Gasteiger partial charge in [-0.05, 0) is 25.2 Å². The van der Waals surface area contributed by atoms with Crippen molar-refractivity contribution in [2.45, 2.75) is 50.8 Å². The monoisotopic (exact) mass is 256 g/mol. The van der Waals surface area contributed by atoms with E-state index in [1.165, 1.54) is 0 Å². The quantitative estimate of drug-likeness (QED) is 0.776. The molecule has 3 atom stereocenters. The van der Waals surface area contributed by atoms with Gasteiger partial charge in [-0.2, -0.15) is 0 Å². The third kappa shape index (κ3) is 2.68. The third-order valence-corrected chi connectivity index (χ3v) is 4.30. The minimum atomic E-state index is -1.05. The van der Waals surface area contributed by atoms with Crippen LogP contribution >= 0.6 is 0 Å². The number of aliphatic carboxylic acids is 1. The fourth-order valence-electron chi connectivity index (χ4n) is 2.96. The molecule has 18 heavy (non-hydrogen) atoms. The summed E-state index contributed by atoms with van der Waals surface area (Å²) < 4.78 is 5.75. The molecule has 2 heterocycles. The summed E-state index contributed by atoms with van der Waals surface area (Å²) in [6.45, 7) is 6.37. The number of ether oxygens (including phenoxy) is 1. The smallest absolute Gasteiger partial charge is 0.325 e. The van der Waals surface area contributed by atoms with E-state index in [2.05, 4.69) is 18.7 Å². The number of likely N-dealkylation sites (tertiary alicyclic amines) is 1. The summed E-state index contributed by atoms with van der Waals surface area (Å²) in [5.74, 6) is -0.366. The van der Waals surface area contributed by atoms with Crippen LogP contribution in [-0.4, -0.2) is 53.4 Å². The van der Waals surface area contributed by atoms with Gasteiger partial charge >= 0.3 is 5.97 Å². The lowest BCUT2D eigenvalue weighted by Crippen LogP contribution is -2.52. The summed E-state index contributed by atoms with van der Waals surface area (Å²) in [5.41, 5.74) is 4.87. The van der Waals surface area contributed by atoms with Crippen molar-refractivity contribution in [2.75, 3.05) is 19.7 Å². The van der Waals surface area contributed by atoms with Crippen LogP contribution in [0.25, 0.3) is 0 Å². The summed E-state index contributed by atoms with van der Waals surface area (Å²) in [6, 6.07) is 0.427. The molecular weight excluding hydrogens is 232 g/mol. The largest absolute Gasteiger partial charge is 0.480 e. The highest BCUT2D eigenvalue weighted by Gasteiger charge is 2.44. The van der Waals surface area contributed by atoms with Gasteiger partial charge in [0.05, 0.1) is 6.10 Å². The Kier molecular flexibility index (Phi) is 3.94. The molecule has 104 valence electrons. The van der Waals surface area contributed by atoms with Gasteiger partial charge < -0.3 is 15.6 Å². The summed E-state index contributed by atoms with van der Waals surface area (Å²) in [7, 11) is 0. The van der Waals surface area contributed by atoms with Crippen molar-refractivity contribution in [3.05, 3.63) is 0 Å². The molecule has 0 aromatic carbocycles. The van der Waals surface area contributed by atoms with Crippen LogP contribution in [0.15, 0.2) is 0 Å². The lowest BCUT2D eigenvalue weighted by Gasteiger charge is -2.37. The summed E-state index contributed by atoms with van der Waals surface area (Å²) >= 11 is 0. The number of nitrogens with zero attached hydrogens (tertiary/aromatic N) is 1. The summed E-state index contributed by atoms with van der Waals surface area (Å²) in [6.07, 6.45) is 2.82. The Labute approximate surface area is 108 Å². The van der Waals surface area contributed by atoms with Crippen molar-refractivity contribution in [1.29, 1.82) is 0 Å². The van der Waals surface area contributed by atoms with Crippen LogP contribution in [0.2, 0.25) is 0 Å². The standard InChI is InChI=1S/C13H24N2O3/c1-9(2)11-7-10(3-6-18-11)15-5-4-13(14,8-15)12(16)17/h9-11H,3-8,14H2,1-2H3,(H,16,17). The molecular formula is C13H24N2O3. The van der Waals surface area contributed by atoms with Crippen molar-refractivity contribution >= 4 is 5.97 Å². The van der Waals surface area contributed by atoms with Gasteiger partial charge in [-0.3, -0.25) is 9.69 Å². The Morgan fingerprint density at radius 1 is 1.56 bits per heavy atom. The van der Waals surface area contributed by atoms with E-state index in [4.69, 9.17) is 15.6 Å². The minimum absolute atomic E-state index is 0.293. The molecule has 3 N–H and O–H groups in total. The van der Waals surface area contributed by atoms with Crippen molar-refractivity contribution in [1.82, 2.24) is 4.90 Å². The first kappa shape index (κ1) is 13.8. The molecule has 0 aliphatic carbocycles. The molecule has 0 spiro atoms. The van der Waals surface area contributed by atoms with Gasteiger partial charge in [-0.15, -0.1) is 0 Å². The topological polar surface area (TPSA) is 75.8 Å². The Morgan fingerprint density at radius 3 is 2.83 bits per heavy atom. The van der Waals surface area contributed by atoms with E-state index in [0.29, 0.717) is 31.0 Å². The molecule has 0 aromatic rings. The maximum absolute atomic E-state index is 11.1. The second-order valence-electron chi connectivity index (χ2n) is 6.01. The molecule has 2 saturated heterocycles. The van der Waals surface area contributed by atoms with Gasteiger partial charge in [0.25, 0.3) is 0 Å². The fraction of sp³-hybridized carbons (Fsp3) is 0.923. The van der Waals surface area contributed by atoms with Gasteiger partial charge in [-0.1, -0.05) is 13.8 Å². The Balaban J connectivity index is 1.95. The average Bonchev–Trinajstić information content (AvgIpc) is 2.73. The number of nitrogens with two attached hydrogens (primary N) is 1. The van der Waals surface area contributed by atoms with E-state index < -0.39 is 11.5 Å². The molecule has 0 amide bonds. The molecule has 0 aromatic heterocycles. The van der Waals surface area contributed by atoms with Gasteiger partial charge in [0.1, 0.15) is 5.54 Å². The molecule has 3 unspecified atom stereocenters. The molecule has 0 saturated carbocycles. The zero-order chi connectivity index (χ0) is 13.3. The zero-order valence-electron chi connectivity index (χ0n) is 11.3. The van der Waals surface area contributed by atoms with Gasteiger partial charge in [0, 0.05) is 25.7 Å². The van der Waals surface area contributed by atoms with E-state index in [1.807, 2.05) is 0 Å². The number of rotatable bonds is 3. The molecule has 5 nitrogen and oxygen atoms in total. The number of carboxylic acids is 1. The summed E-state index contributed by atoms with van der Waals surface area (Å²) in [5, 5.41) is 9.15. The second-order valence-corrected chi connectivity index (χ2v) is 6.01. The molecule has 2 fully saturated rings. The fourth-order valence-corrected chi connectivity index (χ4v) is 2.96. The second kappa shape index (κ2) is 5.15. The highest BCUT2D eigenvalue weighted by molar-refractivity contribution is 5.79. The SMILES string of the molecule is CC(C)C1CC(N2CCC(N)(C(=O)O)C2)CCO1. The average molecular weight is 256 g/mol. The van der Waals surface area contributed by atoms with E-state index in [1.54, 1.807) is 0 Å². The Morgan fingerprint density at radius 2 is 2.28 bits per heavy atom. The zero-order valence-corrected chi connectivity index (χ0v) is 11.3. The number of hydrogen-bond acceptors (Lipinski definition) is 4. The minimum Gasteiger partial charge on any atom is -0.480 e.